The monoisotopic (exact) mass is 934 g/mol. The Morgan fingerprint density at radius 3 is 2.21 bits per heavy atom. The first-order chi connectivity index (χ1) is 31.8. The molecule has 3 aromatic heterocycles. The van der Waals surface area contributed by atoms with Gasteiger partial charge in [0, 0.05) is 62.1 Å². The molecule has 3 atom stereocenters. The van der Waals surface area contributed by atoms with E-state index >= 15 is 0 Å². The minimum atomic E-state index is -2.56. The zero-order chi connectivity index (χ0) is 46.8. The minimum absolute atomic E-state index is 0.101. The Hall–Kier alpha value is -5.45. The number of hydrogen-bond donors (Lipinski definition) is 5. The SMILES string of the molecule is Cc1ncsc1-c1ccc(CNC(=O)[SiH]2C[C@@H](O)CN2C(=O)[C@@H](NC(=O)CCCCCCCCCCCCC(=O)N2CC(c3c[nH]c4nnc(-c5ccccc5O)cc34)C2)C(C)(C)C)cc1. The van der Waals surface area contributed by atoms with Crippen molar-refractivity contribution in [3.8, 4) is 27.4 Å². The smallest absolute Gasteiger partial charge is 0.248 e. The number of phenols is 1. The Balaban J connectivity index is 0.733. The van der Waals surface area contributed by atoms with E-state index in [2.05, 4.69) is 30.8 Å². The van der Waals surface area contributed by atoms with Crippen LogP contribution in [0.25, 0.3) is 32.7 Å². The van der Waals surface area contributed by atoms with Crippen LogP contribution in [0.5, 0.6) is 5.75 Å². The van der Waals surface area contributed by atoms with Crippen LogP contribution in [0.15, 0.2) is 66.3 Å². The number of aliphatic hydroxyl groups excluding tert-OH is 1. The largest absolute Gasteiger partial charge is 0.507 e. The number of amides is 4. The second kappa shape index (κ2) is 22.4. The summed E-state index contributed by atoms with van der Waals surface area (Å²) in [5, 5.41) is 36.5. The summed E-state index contributed by atoms with van der Waals surface area (Å²) < 4.78 is 1.58. The summed E-state index contributed by atoms with van der Waals surface area (Å²) in [7, 11) is -2.56. The lowest BCUT2D eigenvalue weighted by Gasteiger charge is -2.39. The van der Waals surface area contributed by atoms with Crippen molar-refractivity contribution in [1.29, 1.82) is 0 Å². The van der Waals surface area contributed by atoms with E-state index < -0.39 is 26.5 Å². The van der Waals surface area contributed by atoms with Crippen molar-refractivity contribution in [3.63, 3.8) is 0 Å². The molecule has 0 bridgehead atoms. The van der Waals surface area contributed by atoms with E-state index in [4.69, 9.17) is 0 Å². The second-order valence-corrected chi connectivity index (χ2v) is 22.7. The first kappa shape index (κ1) is 48.5. The number of aromatic nitrogens is 4. The van der Waals surface area contributed by atoms with Crippen LogP contribution < -0.4 is 10.6 Å². The van der Waals surface area contributed by atoms with Crippen LogP contribution in [0.2, 0.25) is 6.04 Å². The number of aryl methyl sites for hydroxylation is 1. The third-order valence-electron chi connectivity index (χ3n) is 13.1. The number of nitrogens with zero attached hydrogens (tertiary/aromatic N) is 5. The number of benzene rings is 2. The molecule has 5 aromatic rings. The number of carbonyl (C=O) groups excluding carboxylic acids is 4. The average molecular weight is 935 g/mol. The quantitative estimate of drug-likeness (QED) is 0.0355. The molecule has 5 heterocycles. The van der Waals surface area contributed by atoms with Gasteiger partial charge in [-0.05, 0) is 66.1 Å². The van der Waals surface area contributed by atoms with Gasteiger partial charge >= 0.3 is 0 Å². The lowest BCUT2D eigenvalue weighted by molar-refractivity contribution is -0.136. The highest BCUT2D eigenvalue weighted by Gasteiger charge is 2.45. The maximum atomic E-state index is 14.0. The van der Waals surface area contributed by atoms with Crippen LogP contribution in [0.1, 0.15) is 121 Å². The van der Waals surface area contributed by atoms with Gasteiger partial charge in [0.25, 0.3) is 0 Å². The van der Waals surface area contributed by atoms with Gasteiger partial charge in [0.1, 0.15) is 11.8 Å². The number of aliphatic hydroxyl groups is 1. The zero-order valence-corrected chi connectivity index (χ0v) is 40.8. The summed E-state index contributed by atoms with van der Waals surface area (Å²) in [6.07, 6.45) is 12.5. The van der Waals surface area contributed by atoms with Gasteiger partial charge in [0.15, 0.2) is 5.65 Å². The molecule has 7 rings (SSSR count). The highest BCUT2D eigenvalue weighted by atomic mass is 32.1. The van der Waals surface area contributed by atoms with E-state index in [1.807, 2.05) is 86.8 Å². The number of thiazole rings is 1. The van der Waals surface area contributed by atoms with E-state index in [1.54, 1.807) is 28.0 Å². The molecule has 2 saturated heterocycles. The number of likely N-dealkylation sites (tertiary alicyclic amines) is 1. The van der Waals surface area contributed by atoms with Gasteiger partial charge in [-0.2, -0.15) is 0 Å². The predicted molar refractivity (Wildman–Crippen MR) is 261 cm³/mol. The summed E-state index contributed by atoms with van der Waals surface area (Å²) in [4.78, 5) is 64.2. The van der Waals surface area contributed by atoms with Gasteiger partial charge in [0.05, 0.1) is 27.9 Å². The fourth-order valence-corrected chi connectivity index (χ4v) is 12.6. The number of para-hydroxylation sites is 1. The Bertz CT molecular complexity index is 2440. The van der Waals surface area contributed by atoms with Crippen LogP contribution in [0.4, 0.5) is 4.79 Å². The number of rotatable bonds is 21. The van der Waals surface area contributed by atoms with Crippen molar-refractivity contribution < 1.29 is 29.4 Å². The van der Waals surface area contributed by atoms with Gasteiger partial charge < -0.3 is 35.3 Å². The van der Waals surface area contributed by atoms with Crippen molar-refractivity contribution in [2.24, 2.45) is 5.41 Å². The van der Waals surface area contributed by atoms with E-state index in [0.717, 1.165) is 96.9 Å². The summed E-state index contributed by atoms with van der Waals surface area (Å²) >= 11 is 1.59. The van der Waals surface area contributed by atoms with E-state index in [-0.39, 0.29) is 47.5 Å². The van der Waals surface area contributed by atoms with Gasteiger partial charge in [-0.25, -0.2) is 4.98 Å². The zero-order valence-electron chi connectivity index (χ0n) is 38.9. The first-order valence-corrected chi connectivity index (χ1v) is 26.5. The normalized spacial score (nSPS) is 16.9. The molecule has 4 amide bonds. The third kappa shape index (κ3) is 12.3. The van der Waals surface area contributed by atoms with Crippen LogP contribution in [0.3, 0.4) is 0 Å². The maximum absolute atomic E-state index is 14.0. The van der Waals surface area contributed by atoms with Crippen molar-refractivity contribution in [2.45, 2.75) is 135 Å². The molecular weight excluding hydrogens is 869 g/mol. The van der Waals surface area contributed by atoms with Crippen molar-refractivity contribution in [1.82, 2.24) is 40.3 Å². The molecule has 0 saturated carbocycles. The topological polar surface area (TPSA) is 194 Å². The fraction of sp³-hybridized carbons (Fsp3) is 0.500. The Kier molecular flexibility index (Phi) is 16.4. The van der Waals surface area contributed by atoms with Crippen molar-refractivity contribution >= 4 is 54.6 Å². The second-order valence-electron chi connectivity index (χ2n) is 19.2. The molecule has 2 aliphatic rings. The van der Waals surface area contributed by atoms with Crippen molar-refractivity contribution in [3.05, 3.63) is 83.1 Å². The minimum Gasteiger partial charge on any atom is -0.507 e. The van der Waals surface area contributed by atoms with Crippen LogP contribution in [-0.2, 0) is 20.9 Å². The highest BCUT2D eigenvalue weighted by Crippen LogP contribution is 2.35. The summed E-state index contributed by atoms with van der Waals surface area (Å²) in [5.74, 6) is 0.166. The molecule has 0 radical (unpaired) electrons. The number of β-amino-alcohol motifs (C(OH)–C–C–N with tert-alkyl or cyclic N) is 1. The van der Waals surface area contributed by atoms with Crippen LogP contribution >= 0.6 is 11.3 Å². The summed E-state index contributed by atoms with van der Waals surface area (Å²) in [6, 6.07) is 16.5. The molecule has 16 heteroatoms. The van der Waals surface area contributed by atoms with E-state index in [0.29, 0.717) is 49.4 Å². The number of hydrogen-bond acceptors (Lipinski definition) is 10. The van der Waals surface area contributed by atoms with Gasteiger partial charge in [0.2, 0.25) is 32.2 Å². The fourth-order valence-electron chi connectivity index (χ4n) is 9.13. The molecular formula is C50H66N8O6SSi. The van der Waals surface area contributed by atoms with Crippen LogP contribution in [0, 0.1) is 12.3 Å². The standard InChI is InChI=1S/C50H66N8O6SSi/c1-33-45(65-32-53-33)35-23-21-34(22-24-35)26-52-49(64)66-31-37(59)30-58(66)48(63)46(50(2,3)4)54-43(61)19-13-11-9-7-5-6-8-10-12-14-20-44(62)57-28-36(29-57)40-27-51-47-39(40)25-41(55-56-47)38-17-15-16-18-42(38)60/h15-18,21-25,27,32,36-37,46,59-60,66H,5-14,19-20,26,28-31H2,1-4H3,(H,51,56)(H,52,64)(H,54,61)/t37-,46+,66?/m0/s1. The number of unbranched alkanes of at least 4 members (excludes halogenated alkanes) is 9. The number of aromatic hydroxyl groups is 1. The van der Waals surface area contributed by atoms with E-state index in [1.165, 1.54) is 0 Å². The average Bonchev–Trinajstić information content (AvgIpc) is 4.02. The number of fused-ring (bicyclic) bond motifs is 1. The molecule has 1 unspecified atom stereocenters. The lowest BCUT2D eigenvalue weighted by atomic mass is 9.86. The van der Waals surface area contributed by atoms with Gasteiger partial charge in [-0.15, -0.1) is 21.5 Å². The van der Waals surface area contributed by atoms with E-state index in [9.17, 15) is 29.4 Å². The number of aromatic amines is 1. The van der Waals surface area contributed by atoms with Gasteiger partial charge in [-0.1, -0.05) is 109 Å². The summed E-state index contributed by atoms with van der Waals surface area (Å²) in [5.41, 5.74) is 7.15. The summed E-state index contributed by atoms with van der Waals surface area (Å²) in [6.45, 7) is 9.55. The number of H-pyrrole nitrogens is 1. The molecule has 2 aliphatic heterocycles. The Labute approximate surface area is 393 Å². The molecule has 0 aliphatic carbocycles. The molecule has 5 N–H and O–H groups in total. The van der Waals surface area contributed by atoms with Crippen molar-refractivity contribution in [2.75, 3.05) is 19.6 Å². The molecule has 14 nitrogen and oxygen atoms in total. The molecule has 0 spiro atoms. The Morgan fingerprint density at radius 2 is 1.56 bits per heavy atom. The maximum Gasteiger partial charge on any atom is 0.248 e. The number of carbonyl (C=O) groups is 4. The number of phenolic OH excluding ortho intramolecular Hbond substituents is 1. The lowest BCUT2D eigenvalue weighted by Crippen LogP contribution is -2.59. The molecule has 2 fully saturated rings. The molecule has 2 aromatic carbocycles. The highest BCUT2D eigenvalue weighted by molar-refractivity contribution is 7.13. The third-order valence-corrected chi connectivity index (χ3v) is 17.1. The molecule has 66 heavy (non-hydrogen) atoms. The predicted octanol–water partition coefficient (Wildman–Crippen LogP) is 8.32. The Morgan fingerprint density at radius 1 is 0.894 bits per heavy atom. The number of nitrogens with one attached hydrogen (secondary N) is 3. The first-order valence-electron chi connectivity index (χ1n) is 23.7. The van der Waals surface area contributed by atoms with Crippen LogP contribution in [-0.4, -0.2) is 104 Å². The van der Waals surface area contributed by atoms with Gasteiger partial charge in [-0.3, -0.25) is 19.2 Å². The molecule has 352 valence electrons.